The maximum Gasteiger partial charge on any atom is 0.265 e. The van der Waals surface area contributed by atoms with Crippen LogP contribution < -0.4 is 15.0 Å². The average Bonchev–Trinajstić information content (AvgIpc) is 2.99. The van der Waals surface area contributed by atoms with Crippen LogP contribution in [0.2, 0.25) is 0 Å². The maximum absolute atomic E-state index is 12.7. The fraction of sp³-hybridized carbons (Fsp3) is 0.263. The van der Waals surface area contributed by atoms with Gasteiger partial charge in [0.25, 0.3) is 5.91 Å². The Bertz CT molecular complexity index is 773. The van der Waals surface area contributed by atoms with E-state index in [0.717, 1.165) is 16.8 Å². The topological polar surface area (TPSA) is 58.6 Å². The van der Waals surface area contributed by atoms with Crippen molar-refractivity contribution >= 4 is 17.5 Å². The van der Waals surface area contributed by atoms with Gasteiger partial charge in [-0.3, -0.25) is 14.5 Å². The molecule has 0 bridgehead atoms. The van der Waals surface area contributed by atoms with Crippen LogP contribution >= 0.6 is 0 Å². The summed E-state index contributed by atoms with van der Waals surface area (Å²) in [5, 5.41) is 2.64. The van der Waals surface area contributed by atoms with Gasteiger partial charge in [0.15, 0.2) is 6.61 Å². The molecule has 1 atom stereocenters. The van der Waals surface area contributed by atoms with Gasteiger partial charge in [0.1, 0.15) is 11.8 Å². The van der Waals surface area contributed by atoms with Crippen molar-refractivity contribution in [2.75, 3.05) is 18.6 Å². The molecular formula is C19H20N2O3. The first-order chi connectivity index (χ1) is 11.6. The van der Waals surface area contributed by atoms with E-state index in [4.69, 9.17) is 4.74 Å². The average molecular weight is 324 g/mol. The van der Waals surface area contributed by atoms with Crippen molar-refractivity contribution in [2.45, 2.75) is 19.4 Å². The number of ether oxygens (including phenoxy) is 1. The second-order valence-corrected chi connectivity index (χ2v) is 5.78. The van der Waals surface area contributed by atoms with E-state index in [2.05, 4.69) is 5.32 Å². The Balaban J connectivity index is 1.80. The monoisotopic (exact) mass is 324 g/mol. The highest BCUT2D eigenvalue weighted by molar-refractivity contribution is 6.04. The molecule has 5 heteroatoms. The molecule has 3 rings (SSSR count). The van der Waals surface area contributed by atoms with E-state index in [9.17, 15) is 9.59 Å². The Hall–Kier alpha value is -2.82. The Kier molecular flexibility index (Phi) is 4.51. The molecule has 0 aliphatic carbocycles. The van der Waals surface area contributed by atoms with Crippen molar-refractivity contribution in [3.8, 4) is 5.75 Å². The van der Waals surface area contributed by atoms with E-state index in [-0.39, 0.29) is 18.4 Å². The molecule has 0 saturated carbocycles. The first-order valence-corrected chi connectivity index (χ1v) is 7.92. The molecule has 1 unspecified atom stereocenters. The molecule has 2 amide bonds. The fourth-order valence-corrected chi connectivity index (χ4v) is 3.00. The molecule has 1 aliphatic heterocycles. The minimum Gasteiger partial charge on any atom is -0.483 e. The lowest BCUT2D eigenvalue weighted by molar-refractivity contribution is -0.126. The highest BCUT2D eigenvalue weighted by Crippen LogP contribution is 2.32. The molecule has 0 spiro atoms. The van der Waals surface area contributed by atoms with Crippen LogP contribution in [0, 0.1) is 6.92 Å². The van der Waals surface area contributed by atoms with Crippen molar-refractivity contribution in [2.24, 2.45) is 0 Å². The number of aryl methyl sites for hydroxylation is 1. The molecule has 1 aliphatic rings. The number of para-hydroxylation sites is 2. The number of nitrogens with one attached hydrogen (secondary N) is 1. The molecule has 0 aromatic heterocycles. The number of carbonyl (C=O) groups excluding carboxylic acids is 2. The third kappa shape index (κ3) is 2.97. The molecule has 124 valence electrons. The van der Waals surface area contributed by atoms with Crippen molar-refractivity contribution in [1.82, 2.24) is 5.32 Å². The minimum absolute atomic E-state index is 0.104. The maximum atomic E-state index is 12.7. The lowest BCUT2D eigenvalue weighted by atomic mass is 10.1. The van der Waals surface area contributed by atoms with Crippen LogP contribution in [0.3, 0.4) is 0 Å². The molecule has 2 aromatic carbocycles. The molecule has 2 aromatic rings. The number of fused-ring (bicyclic) bond motifs is 1. The SMILES string of the molecule is CNC(=O)C1Cc2ccccc2N1C(=O)COc1ccccc1C. The van der Waals surface area contributed by atoms with E-state index in [1.165, 1.54) is 0 Å². The number of amides is 2. The van der Waals surface area contributed by atoms with Crippen LogP contribution in [0.15, 0.2) is 48.5 Å². The third-order valence-electron chi connectivity index (χ3n) is 4.24. The molecule has 0 radical (unpaired) electrons. The molecule has 1 N–H and O–H groups in total. The van der Waals surface area contributed by atoms with Crippen LogP contribution in [0.4, 0.5) is 5.69 Å². The predicted molar refractivity (Wildman–Crippen MR) is 92.2 cm³/mol. The molecular weight excluding hydrogens is 304 g/mol. The minimum atomic E-state index is -0.527. The van der Waals surface area contributed by atoms with Crippen molar-refractivity contribution < 1.29 is 14.3 Å². The normalized spacial score (nSPS) is 15.8. The molecule has 0 saturated heterocycles. The third-order valence-corrected chi connectivity index (χ3v) is 4.24. The molecule has 1 heterocycles. The number of hydrogen-bond donors (Lipinski definition) is 1. The number of likely N-dealkylation sites (N-methyl/N-ethyl adjacent to an activating group) is 1. The van der Waals surface area contributed by atoms with Crippen LogP contribution in [0.1, 0.15) is 11.1 Å². The second-order valence-electron chi connectivity index (χ2n) is 5.78. The standard InChI is InChI=1S/C19H20N2O3/c1-13-7-3-6-10-17(13)24-12-18(22)21-15-9-5-4-8-14(15)11-16(21)19(23)20-2/h3-10,16H,11-12H2,1-2H3,(H,20,23). The lowest BCUT2D eigenvalue weighted by Crippen LogP contribution is -2.48. The van der Waals surface area contributed by atoms with E-state index in [1.54, 1.807) is 11.9 Å². The lowest BCUT2D eigenvalue weighted by Gasteiger charge is -2.24. The van der Waals surface area contributed by atoms with Crippen LogP contribution in [-0.4, -0.2) is 31.5 Å². The summed E-state index contributed by atoms with van der Waals surface area (Å²) in [5.41, 5.74) is 2.75. The fourth-order valence-electron chi connectivity index (χ4n) is 3.00. The van der Waals surface area contributed by atoms with Gasteiger partial charge in [0, 0.05) is 19.2 Å². The predicted octanol–water partition coefficient (Wildman–Crippen LogP) is 2.08. The summed E-state index contributed by atoms with van der Waals surface area (Å²) >= 11 is 0. The zero-order valence-corrected chi connectivity index (χ0v) is 13.8. The number of carbonyl (C=O) groups is 2. The Labute approximate surface area is 141 Å². The zero-order chi connectivity index (χ0) is 17.1. The van der Waals surface area contributed by atoms with Gasteiger partial charge in [-0.15, -0.1) is 0 Å². The molecule has 24 heavy (non-hydrogen) atoms. The van der Waals surface area contributed by atoms with Gasteiger partial charge in [0.05, 0.1) is 0 Å². The summed E-state index contributed by atoms with van der Waals surface area (Å²) in [6.45, 7) is 1.82. The van der Waals surface area contributed by atoms with Gasteiger partial charge in [-0.2, -0.15) is 0 Å². The van der Waals surface area contributed by atoms with Crippen molar-refractivity contribution in [1.29, 1.82) is 0 Å². The Morgan fingerprint density at radius 2 is 1.88 bits per heavy atom. The number of rotatable bonds is 4. The van der Waals surface area contributed by atoms with Crippen LogP contribution in [0.5, 0.6) is 5.75 Å². The van der Waals surface area contributed by atoms with Gasteiger partial charge in [0.2, 0.25) is 5.91 Å². The Morgan fingerprint density at radius 1 is 1.17 bits per heavy atom. The highest BCUT2D eigenvalue weighted by atomic mass is 16.5. The molecule has 0 fully saturated rings. The largest absolute Gasteiger partial charge is 0.483 e. The first-order valence-electron chi connectivity index (χ1n) is 7.92. The van der Waals surface area contributed by atoms with Crippen LogP contribution in [-0.2, 0) is 16.0 Å². The van der Waals surface area contributed by atoms with Gasteiger partial charge >= 0.3 is 0 Å². The number of nitrogens with zero attached hydrogens (tertiary/aromatic N) is 1. The van der Waals surface area contributed by atoms with E-state index in [0.29, 0.717) is 12.2 Å². The second kappa shape index (κ2) is 6.74. The number of anilines is 1. The van der Waals surface area contributed by atoms with E-state index < -0.39 is 6.04 Å². The quantitative estimate of drug-likeness (QED) is 0.937. The molecule has 5 nitrogen and oxygen atoms in total. The summed E-state index contributed by atoms with van der Waals surface area (Å²) in [6.07, 6.45) is 0.520. The van der Waals surface area contributed by atoms with Gasteiger partial charge in [-0.05, 0) is 30.2 Å². The van der Waals surface area contributed by atoms with Crippen molar-refractivity contribution in [3.05, 3.63) is 59.7 Å². The van der Waals surface area contributed by atoms with Crippen LogP contribution in [0.25, 0.3) is 0 Å². The summed E-state index contributed by atoms with van der Waals surface area (Å²) in [4.78, 5) is 26.5. The van der Waals surface area contributed by atoms with Gasteiger partial charge < -0.3 is 10.1 Å². The zero-order valence-electron chi connectivity index (χ0n) is 13.8. The summed E-state index contributed by atoms with van der Waals surface area (Å²) in [7, 11) is 1.58. The summed E-state index contributed by atoms with van der Waals surface area (Å²) in [6, 6.07) is 14.6. The van der Waals surface area contributed by atoms with Gasteiger partial charge in [-0.1, -0.05) is 36.4 Å². The van der Waals surface area contributed by atoms with E-state index >= 15 is 0 Å². The number of benzene rings is 2. The van der Waals surface area contributed by atoms with Gasteiger partial charge in [-0.25, -0.2) is 0 Å². The highest BCUT2D eigenvalue weighted by Gasteiger charge is 2.37. The van der Waals surface area contributed by atoms with Crippen molar-refractivity contribution in [3.63, 3.8) is 0 Å². The summed E-state index contributed by atoms with van der Waals surface area (Å²) in [5.74, 6) is 0.280. The summed E-state index contributed by atoms with van der Waals surface area (Å²) < 4.78 is 5.66. The smallest absolute Gasteiger partial charge is 0.265 e. The first kappa shape index (κ1) is 16.1. The number of hydrogen-bond acceptors (Lipinski definition) is 3. The Morgan fingerprint density at radius 3 is 2.62 bits per heavy atom. The van der Waals surface area contributed by atoms with E-state index in [1.807, 2.05) is 55.5 Å².